The maximum Gasteiger partial charge on any atom is 0.408 e. The summed E-state index contributed by atoms with van der Waals surface area (Å²) in [5.41, 5.74) is -0.737. The van der Waals surface area contributed by atoms with Crippen LogP contribution in [0.2, 0.25) is 10.3 Å². The van der Waals surface area contributed by atoms with Gasteiger partial charge in [-0.2, -0.15) is 0 Å². The van der Waals surface area contributed by atoms with Crippen molar-refractivity contribution in [2.75, 3.05) is 0 Å². The fourth-order valence-electron chi connectivity index (χ4n) is 1.30. The zero-order valence-corrected chi connectivity index (χ0v) is 12.5. The fourth-order valence-corrected chi connectivity index (χ4v) is 1.74. The number of amides is 1. The number of nitrogens with zero attached hydrogens (tertiary/aromatic N) is 1. The molecule has 1 amide bonds. The van der Waals surface area contributed by atoms with Crippen LogP contribution in [0.4, 0.5) is 9.18 Å². The summed E-state index contributed by atoms with van der Waals surface area (Å²) in [7, 11) is 0. The predicted octanol–water partition coefficient (Wildman–Crippen LogP) is 3.29. The highest BCUT2D eigenvalue weighted by Gasteiger charge is 2.23. The largest absolute Gasteiger partial charge is 0.444 e. The lowest BCUT2D eigenvalue weighted by Gasteiger charge is -2.21. The van der Waals surface area contributed by atoms with Crippen molar-refractivity contribution in [3.8, 4) is 0 Å². The molecule has 0 aliphatic carbocycles. The summed E-state index contributed by atoms with van der Waals surface area (Å²) in [6.45, 7) is 5.00. The molecular formula is C12H13Cl2FN2O3. The van der Waals surface area contributed by atoms with Crippen LogP contribution in [-0.2, 0) is 9.53 Å². The summed E-state index contributed by atoms with van der Waals surface area (Å²) >= 11 is 11.2. The van der Waals surface area contributed by atoms with E-state index in [0.29, 0.717) is 6.29 Å². The standard InChI is InChI=1S/C12H13Cl2FN2O3/c1-12(2,3)20-11(19)16-8(5-18)6-4-7(15)10(14)17-9(6)13/h4-5,8H,1-3H3,(H,16,19). The minimum absolute atomic E-state index is 0.00516. The number of hydrogen-bond acceptors (Lipinski definition) is 4. The third-order valence-corrected chi connectivity index (χ3v) is 2.62. The number of carbonyl (C=O) groups excluding carboxylic acids is 2. The Morgan fingerprint density at radius 2 is 2.05 bits per heavy atom. The molecule has 0 aliphatic rings. The normalized spacial score (nSPS) is 12.7. The van der Waals surface area contributed by atoms with Crippen LogP contribution in [0, 0.1) is 5.82 Å². The number of aromatic nitrogens is 1. The van der Waals surface area contributed by atoms with Crippen LogP contribution in [0.3, 0.4) is 0 Å². The molecule has 5 nitrogen and oxygen atoms in total. The molecule has 0 bridgehead atoms. The first-order valence-corrected chi connectivity index (χ1v) is 6.36. The quantitative estimate of drug-likeness (QED) is 0.684. The number of pyridine rings is 1. The van der Waals surface area contributed by atoms with E-state index in [1.807, 2.05) is 0 Å². The summed E-state index contributed by atoms with van der Waals surface area (Å²) < 4.78 is 18.3. The van der Waals surface area contributed by atoms with Gasteiger partial charge in [-0.05, 0) is 26.8 Å². The monoisotopic (exact) mass is 322 g/mol. The number of carbonyl (C=O) groups is 2. The molecule has 1 aromatic rings. The molecule has 0 aliphatic heterocycles. The maximum absolute atomic E-state index is 13.4. The van der Waals surface area contributed by atoms with Gasteiger partial charge < -0.3 is 14.8 Å². The molecule has 20 heavy (non-hydrogen) atoms. The summed E-state index contributed by atoms with van der Waals surface area (Å²) in [5, 5.41) is 1.67. The molecule has 1 N–H and O–H groups in total. The van der Waals surface area contributed by atoms with Crippen LogP contribution in [0.5, 0.6) is 0 Å². The average Bonchev–Trinajstić information content (AvgIpc) is 2.29. The highest BCUT2D eigenvalue weighted by atomic mass is 35.5. The smallest absolute Gasteiger partial charge is 0.408 e. The van der Waals surface area contributed by atoms with Gasteiger partial charge in [0.05, 0.1) is 0 Å². The maximum atomic E-state index is 13.4. The van der Waals surface area contributed by atoms with Crippen molar-refractivity contribution >= 4 is 35.6 Å². The van der Waals surface area contributed by atoms with E-state index in [-0.39, 0.29) is 10.7 Å². The minimum Gasteiger partial charge on any atom is -0.444 e. The average molecular weight is 323 g/mol. The second-order valence-electron chi connectivity index (χ2n) is 4.90. The van der Waals surface area contributed by atoms with E-state index in [9.17, 15) is 14.0 Å². The third-order valence-electron chi connectivity index (χ3n) is 2.06. The Bertz CT molecular complexity index is 532. The Morgan fingerprint density at radius 1 is 1.45 bits per heavy atom. The number of halogens is 3. The van der Waals surface area contributed by atoms with Gasteiger partial charge in [0, 0.05) is 5.56 Å². The van der Waals surface area contributed by atoms with E-state index < -0.39 is 28.7 Å². The Hall–Kier alpha value is -1.40. The summed E-state index contributed by atoms with van der Waals surface area (Å²) in [5.74, 6) is -0.844. The van der Waals surface area contributed by atoms with Crippen molar-refractivity contribution < 1.29 is 18.7 Å². The highest BCUT2D eigenvalue weighted by Crippen LogP contribution is 2.25. The number of ether oxygens (including phenoxy) is 1. The Kier molecular flexibility index (Phi) is 5.30. The molecule has 8 heteroatoms. The number of rotatable bonds is 3. The van der Waals surface area contributed by atoms with E-state index in [1.54, 1.807) is 20.8 Å². The van der Waals surface area contributed by atoms with Crippen LogP contribution in [0.1, 0.15) is 32.4 Å². The molecule has 1 rings (SSSR count). The number of aldehydes is 1. The Balaban J connectivity index is 2.95. The van der Waals surface area contributed by atoms with E-state index in [4.69, 9.17) is 27.9 Å². The molecule has 0 saturated carbocycles. The van der Waals surface area contributed by atoms with Crippen molar-refractivity contribution in [2.24, 2.45) is 0 Å². The molecule has 110 valence electrons. The van der Waals surface area contributed by atoms with Gasteiger partial charge in [-0.15, -0.1) is 0 Å². The zero-order chi connectivity index (χ0) is 15.5. The van der Waals surface area contributed by atoms with Gasteiger partial charge in [0.1, 0.15) is 23.1 Å². The summed E-state index contributed by atoms with van der Waals surface area (Å²) in [6.07, 6.45) is -0.443. The predicted molar refractivity (Wildman–Crippen MR) is 72.4 cm³/mol. The van der Waals surface area contributed by atoms with Gasteiger partial charge in [-0.25, -0.2) is 14.2 Å². The molecule has 1 atom stereocenters. The van der Waals surface area contributed by atoms with Crippen LogP contribution in [0.25, 0.3) is 0 Å². The van der Waals surface area contributed by atoms with Crippen molar-refractivity contribution in [3.63, 3.8) is 0 Å². The first kappa shape index (κ1) is 16.7. The molecule has 0 saturated heterocycles. The van der Waals surface area contributed by atoms with E-state index >= 15 is 0 Å². The van der Waals surface area contributed by atoms with Crippen molar-refractivity contribution in [2.45, 2.75) is 32.4 Å². The van der Waals surface area contributed by atoms with Gasteiger partial charge in [-0.1, -0.05) is 23.2 Å². The minimum atomic E-state index is -1.18. The molecule has 0 fully saturated rings. The van der Waals surface area contributed by atoms with Gasteiger partial charge in [0.2, 0.25) is 0 Å². The third kappa shape index (κ3) is 4.61. The van der Waals surface area contributed by atoms with Crippen LogP contribution < -0.4 is 5.32 Å². The first-order chi connectivity index (χ1) is 9.14. The zero-order valence-electron chi connectivity index (χ0n) is 11.0. The lowest BCUT2D eigenvalue weighted by atomic mass is 10.1. The summed E-state index contributed by atoms with van der Waals surface area (Å²) in [6, 6.07) is -0.245. The number of nitrogens with one attached hydrogen (secondary N) is 1. The molecule has 0 radical (unpaired) electrons. The van der Waals surface area contributed by atoms with Crippen molar-refractivity contribution in [3.05, 3.63) is 27.8 Å². The molecule has 0 spiro atoms. The SMILES string of the molecule is CC(C)(C)OC(=O)NC(C=O)c1cc(F)c(Cl)nc1Cl. The van der Waals surface area contributed by atoms with Gasteiger partial charge in [0.25, 0.3) is 0 Å². The molecule has 0 aromatic carbocycles. The van der Waals surface area contributed by atoms with Crippen molar-refractivity contribution in [1.29, 1.82) is 0 Å². The van der Waals surface area contributed by atoms with Crippen LogP contribution in [-0.4, -0.2) is 23.0 Å². The van der Waals surface area contributed by atoms with Crippen LogP contribution in [0.15, 0.2) is 6.07 Å². The number of alkyl carbamates (subject to hydrolysis) is 1. The van der Waals surface area contributed by atoms with E-state index in [0.717, 1.165) is 6.07 Å². The molecule has 1 heterocycles. The van der Waals surface area contributed by atoms with Gasteiger partial charge in [0.15, 0.2) is 11.0 Å². The Morgan fingerprint density at radius 3 is 2.55 bits per heavy atom. The second kappa shape index (κ2) is 6.37. The van der Waals surface area contributed by atoms with Crippen molar-refractivity contribution in [1.82, 2.24) is 10.3 Å². The number of hydrogen-bond donors (Lipinski definition) is 1. The molecule has 1 unspecified atom stereocenters. The lowest BCUT2D eigenvalue weighted by molar-refractivity contribution is -0.109. The molecule has 1 aromatic heterocycles. The Labute approximate surface area is 125 Å². The van der Waals surface area contributed by atoms with Gasteiger partial charge in [-0.3, -0.25) is 0 Å². The highest BCUT2D eigenvalue weighted by molar-refractivity contribution is 6.33. The fraction of sp³-hybridized carbons (Fsp3) is 0.417. The van der Waals surface area contributed by atoms with Crippen LogP contribution >= 0.6 is 23.2 Å². The summed E-state index contributed by atoms with van der Waals surface area (Å²) in [4.78, 5) is 26.2. The second-order valence-corrected chi connectivity index (χ2v) is 5.62. The topological polar surface area (TPSA) is 68.3 Å². The lowest BCUT2D eigenvalue weighted by Crippen LogP contribution is -2.35. The van der Waals surface area contributed by atoms with E-state index in [1.165, 1.54) is 0 Å². The van der Waals surface area contributed by atoms with E-state index in [2.05, 4.69) is 10.3 Å². The first-order valence-electron chi connectivity index (χ1n) is 5.60. The van der Waals surface area contributed by atoms with Gasteiger partial charge >= 0.3 is 6.09 Å². The molecular weight excluding hydrogens is 310 g/mol.